The van der Waals surface area contributed by atoms with Gasteiger partial charge in [-0.25, -0.2) is 4.39 Å². The van der Waals surface area contributed by atoms with E-state index < -0.39 is 0 Å². The third kappa shape index (κ3) is 3.75. The summed E-state index contributed by atoms with van der Waals surface area (Å²) in [5.74, 6) is -0.208. The summed E-state index contributed by atoms with van der Waals surface area (Å²) in [6.07, 6.45) is 0.955. The number of carbonyl (C=O) groups excluding carboxylic acids is 1. The standard InChI is InChI=1S/C22H23FN2OS/c1-16-20-18(23)9-5-10-19(20)27-21(16)22(26)25-12-6-11-24(13-14-25)15-17-7-3-2-4-8-17/h2-5,7-10H,6,11-15H2,1H3. The highest BCUT2D eigenvalue weighted by Gasteiger charge is 2.24. The van der Waals surface area contributed by atoms with Crippen molar-refractivity contribution in [1.29, 1.82) is 0 Å². The molecule has 0 atom stereocenters. The molecule has 0 spiro atoms. The molecule has 0 saturated carbocycles. The molecule has 0 aliphatic carbocycles. The van der Waals surface area contributed by atoms with Crippen LogP contribution in [-0.2, 0) is 6.54 Å². The number of fused-ring (bicyclic) bond motifs is 1. The molecule has 0 radical (unpaired) electrons. The molecular formula is C22H23FN2OS. The molecule has 1 aliphatic heterocycles. The van der Waals surface area contributed by atoms with Crippen LogP contribution >= 0.6 is 11.3 Å². The smallest absolute Gasteiger partial charge is 0.264 e. The molecule has 0 unspecified atom stereocenters. The van der Waals surface area contributed by atoms with Crippen molar-refractivity contribution in [2.24, 2.45) is 0 Å². The van der Waals surface area contributed by atoms with Gasteiger partial charge in [-0.2, -0.15) is 0 Å². The predicted octanol–water partition coefficient (Wildman–Crippen LogP) is 4.70. The summed E-state index contributed by atoms with van der Waals surface area (Å²) >= 11 is 1.41. The average Bonchev–Trinajstić information content (AvgIpc) is 2.86. The molecule has 1 fully saturated rings. The van der Waals surface area contributed by atoms with Crippen molar-refractivity contribution in [3.8, 4) is 0 Å². The van der Waals surface area contributed by atoms with Crippen molar-refractivity contribution in [3.63, 3.8) is 0 Å². The number of rotatable bonds is 3. The third-order valence-electron chi connectivity index (χ3n) is 5.22. The number of carbonyl (C=O) groups is 1. The fourth-order valence-electron chi connectivity index (χ4n) is 3.77. The van der Waals surface area contributed by atoms with Crippen LogP contribution in [0.25, 0.3) is 10.1 Å². The van der Waals surface area contributed by atoms with Gasteiger partial charge in [0, 0.05) is 42.8 Å². The summed E-state index contributed by atoms with van der Waals surface area (Å²) in [5.41, 5.74) is 2.07. The zero-order valence-corrected chi connectivity index (χ0v) is 16.3. The minimum absolute atomic E-state index is 0.0367. The summed E-state index contributed by atoms with van der Waals surface area (Å²) in [7, 11) is 0. The van der Waals surface area contributed by atoms with Crippen LogP contribution in [0.3, 0.4) is 0 Å². The summed E-state index contributed by atoms with van der Waals surface area (Å²) in [4.78, 5) is 18.1. The van der Waals surface area contributed by atoms with Gasteiger partial charge in [0.05, 0.1) is 4.88 Å². The zero-order chi connectivity index (χ0) is 18.8. The fourth-order valence-corrected chi connectivity index (χ4v) is 4.97. The lowest BCUT2D eigenvalue weighted by atomic mass is 10.1. The van der Waals surface area contributed by atoms with Gasteiger partial charge in [0.15, 0.2) is 0 Å². The zero-order valence-electron chi connectivity index (χ0n) is 15.5. The van der Waals surface area contributed by atoms with E-state index in [2.05, 4.69) is 29.2 Å². The highest BCUT2D eigenvalue weighted by Crippen LogP contribution is 2.33. The number of amides is 1. The molecule has 140 valence electrons. The lowest BCUT2D eigenvalue weighted by Crippen LogP contribution is -2.35. The first-order valence-corrected chi connectivity index (χ1v) is 10.2. The highest BCUT2D eigenvalue weighted by atomic mass is 32.1. The SMILES string of the molecule is Cc1c(C(=O)N2CCCN(Cc3ccccc3)CC2)sc2cccc(F)c12. The van der Waals surface area contributed by atoms with Gasteiger partial charge in [-0.05, 0) is 36.6 Å². The number of benzene rings is 2. The topological polar surface area (TPSA) is 23.6 Å². The first kappa shape index (κ1) is 18.1. The van der Waals surface area contributed by atoms with Gasteiger partial charge in [0.1, 0.15) is 5.82 Å². The fraction of sp³-hybridized carbons (Fsp3) is 0.318. The second-order valence-corrected chi connectivity index (χ2v) is 8.13. The van der Waals surface area contributed by atoms with E-state index in [9.17, 15) is 9.18 Å². The monoisotopic (exact) mass is 382 g/mol. The molecule has 1 aromatic heterocycles. The second kappa shape index (κ2) is 7.79. The van der Waals surface area contributed by atoms with E-state index in [1.807, 2.05) is 24.0 Å². The van der Waals surface area contributed by atoms with Crippen LogP contribution in [0.4, 0.5) is 4.39 Å². The number of halogens is 1. The largest absolute Gasteiger partial charge is 0.337 e. The van der Waals surface area contributed by atoms with Crippen molar-refractivity contribution in [1.82, 2.24) is 9.80 Å². The second-order valence-electron chi connectivity index (χ2n) is 7.08. The van der Waals surface area contributed by atoms with Crippen molar-refractivity contribution < 1.29 is 9.18 Å². The molecule has 3 nitrogen and oxygen atoms in total. The van der Waals surface area contributed by atoms with Crippen molar-refractivity contribution in [2.45, 2.75) is 19.9 Å². The van der Waals surface area contributed by atoms with E-state index in [0.29, 0.717) is 16.8 Å². The van der Waals surface area contributed by atoms with E-state index in [1.165, 1.54) is 23.0 Å². The molecule has 1 aliphatic rings. The number of hydrogen-bond donors (Lipinski definition) is 0. The number of aryl methyl sites for hydroxylation is 1. The molecule has 1 amide bonds. The average molecular weight is 383 g/mol. The van der Waals surface area contributed by atoms with E-state index in [-0.39, 0.29) is 11.7 Å². The van der Waals surface area contributed by atoms with Crippen molar-refractivity contribution in [3.05, 3.63) is 70.4 Å². The number of hydrogen-bond acceptors (Lipinski definition) is 3. The van der Waals surface area contributed by atoms with Crippen LogP contribution in [0.15, 0.2) is 48.5 Å². The van der Waals surface area contributed by atoms with E-state index in [4.69, 9.17) is 0 Å². The van der Waals surface area contributed by atoms with Gasteiger partial charge in [0.2, 0.25) is 0 Å². The van der Waals surface area contributed by atoms with E-state index in [1.54, 1.807) is 6.07 Å². The van der Waals surface area contributed by atoms with Crippen LogP contribution in [-0.4, -0.2) is 41.9 Å². The third-order valence-corrected chi connectivity index (χ3v) is 6.47. The van der Waals surface area contributed by atoms with Gasteiger partial charge in [0.25, 0.3) is 5.91 Å². The molecule has 2 aromatic carbocycles. The van der Waals surface area contributed by atoms with Crippen LogP contribution in [0.2, 0.25) is 0 Å². The minimum atomic E-state index is -0.245. The maximum absolute atomic E-state index is 14.2. The van der Waals surface area contributed by atoms with Gasteiger partial charge < -0.3 is 4.90 Å². The Balaban J connectivity index is 1.49. The molecule has 2 heterocycles. The lowest BCUT2D eigenvalue weighted by Gasteiger charge is -2.22. The summed E-state index contributed by atoms with van der Waals surface area (Å²) < 4.78 is 15.0. The summed E-state index contributed by atoms with van der Waals surface area (Å²) in [6.45, 7) is 6.07. The summed E-state index contributed by atoms with van der Waals surface area (Å²) in [6, 6.07) is 15.5. The Hall–Kier alpha value is -2.24. The van der Waals surface area contributed by atoms with Crippen LogP contribution in [0.5, 0.6) is 0 Å². The Kier molecular flexibility index (Phi) is 5.23. The molecule has 0 bridgehead atoms. The first-order valence-electron chi connectivity index (χ1n) is 9.36. The van der Waals surface area contributed by atoms with Crippen molar-refractivity contribution >= 4 is 27.3 Å². The van der Waals surface area contributed by atoms with E-state index in [0.717, 1.165) is 42.9 Å². The maximum atomic E-state index is 14.2. The Bertz CT molecular complexity index is 954. The quantitative estimate of drug-likeness (QED) is 0.656. The summed E-state index contributed by atoms with van der Waals surface area (Å²) in [5, 5.41) is 0.589. The highest BCUT2D eigenvalue weighted by molar-refractivity contribution is 7.21. The van der Waals surface area contributed by atoms with E-state index >= 15 is 0 Å². The number of thiophene rings is 1. The molecule has 0 N–H and O–H groups in total. The van der Waals surface area contributed by atoms with Crippen LogP contribution < -0.4 is 0 Å². The Labute approximate surface area is 163 Å². The Morgan fingerprint density at radius 1 is 1.04 bits per heavy atom. The normalized spacial score (nSPS) is 15.9. The number of nitrogens with zero attached hydrogens (tertiary/aromatic N) is 2. The van der Waals surface area contributed by atoms with Crippen molar-refractivity contribution in [2.75, 3.05) is 26.2 Å². The van der Waals surface area contributed by atoms with Crippen LogP contribution in [0.1, 0.15) is 27.2 Å². The van der Waals surface area contributed by atoms with Gasteiger partial charge in [-0.3, -0.25) is 9.69 Å². The van der Waals surface area contributed by atoms with Gasteiger partial charge in [-0.1, -0.05) is 36.4 Å². The lowest BCUT2D eigenvalue weighted by molar-refractivity contribution is 0.0765. The molecule has 1 saturated heterocycles. The van der Waals surface area contributed by atoms with Gasteiger partial charge in [-0.15, -0.1) is 11.3 Å². The van der Waals surface area contributed by atoms with Crippen LogP contribution in [0, 0.1) is 12.7 Å². The molecule has 3 aromatic rings. The Morgan fingerprint density at radius 3 is 2.63 bits per heavy atom. The molecular weight excluding hydrogens is 359 g/mol. The maximum Gasteiger partial charge on any atom is 0.264 e. The predicted molar refractivity (Wildman–Crippen MR) is 109 cm³/mol. The van der Waals surface area contributed by atoms with Gasteiger partial charge >= 0.3 is 0 Å². The Morgan fingerprint density at radius 2 is 1.85 bits per heavy atom. The molecule has 5 heteroatoms. The molecule has 27 heavy (non-hydrogen) atoms. The molecule has 4 rings (SSSR count). The minimum Gasteiger partial charge on any atom is -0.337 e. The first-order chi connectivity index (χ1) is 13.1.